The number of anilines is 1. The summed E-state index contributed by atoms with van der Waals surface area (Å²) < 4.78 is 5.30. The van der Waals surface area contributed by atoms with Crippen molar-refractivity contribution in [2.24, 2.45) is 0 Å². The Labute approximate surface area is 145 Å². The van der Waals surface area contributed by atoms with E-state index in [1.165, 1.54) is 11.3 Å². The highest BCUT2D eigenvalue weighted by molar-refractivity contribution is 7.13. The highest BCUT2D eigenvalue weighted by Gasteiger charge is 2.25. The number of aryl methyl sites for hydroxylation is 2. The zero-order valence-corrected chi connectivity index (χ0v) is 15.0. The summed E-state index contributed by atoms with van der Waals surface area (Å²) in [5.41, 5.74) is 0.819. The molecule has 0 unspecified atom stereocenters. The van der Waals surface area contributed by atoms with Crippen molar-refractivity contribution in [2.45, 2.75) is 20.3 Å². The van der Waals surface area contributed by atoms with E-state index in [0.29, 0.717) is 19.0 Å². The predicted molar refractivity (Wildman–Crippen MR) is 92.9 cm³/mol. The standard InChI is InChI=1S/C16H21N5O2S/c1-11-13(24-12(2)19-11)16(22)21-8-4-7-20(9-10-21)14-15(23-3)18-6-5-17-14/h5-6H,4,7-10H2,1-3H3. The molecule has 24 heavy (non-hydrogen) atoms. The SMILES string of the molecule is COc1nccnc1N1CCCN(C(=O)c2sc(C)nc2C)CC1. The summed E-state index contributed by atoms with van der Waals surface area (Å²) in [5.74, 6) is 1.33. The van der Waals surface area contributed by atoms with Crippen LogP contribution in [0.4, 0.5) is 5.82 Å². The number of nitrogens with zero attached hydrogens (tertiary/aromatic N) is 5. The molecule has 128 valence electrons. The van der Waals surface area contributed by atoms with Gasteiger partial charge in [-0.15, -0.1) is 11.3 Å². The maximum absolute atomic E-state index is 12.8. The lowest BCUT2D eigenvalue weighted by Crippen LogP contribution is -2.35. The topological polar surface area (TPSA) is 71.5 Å². The predicted octanol–water partition coefficient (Wildman–Crippen LogP) is 1.91. The van der Waals surface area contributed by atoms with Gasteiger partial charge in [0.2, 0.25) is 0 Å². The zero-order chi connectivity index (χ0) is 17.1. The molecule has 2 aromatic heterocycles. The van der Waals surface area contributed by atoms with Gasteiger partial charge in [-0.25, -0.2) is 15.0 Å². The molecule has 2 aromatic rings. The third-order valence-electron chi connectivity index (χ3n) is 4.02. The van der Waals surface area contributed by atoms with Crippen LogP contribution in [0.5, 0.6) is 5.88 Å². The molecular formula is C16H21N5O2S. The summed E-state index contributed by atoms with van der Waals surface area (Å²) in [4.78, 5) is 30.5. The Balaban J connectivity index is 1.73. The van der Waals surface area contributed by atoms with E-state index in [1.807, 2.05) is 18.7 Å². The quantitative estimate of drug-likeness (QED) is 0.845. The van der Waals surface area contributed by atoms with Gasteiger partial charge in [-0.2, -0.15) is 0 Å². The number of aromatic nitrogens is 3. The maximum Gasteiger partial charge on any atom is 0.265 e. The van der Waals surface area contributed by atoms with Crippen LogP contribution in [0, 0.1) is 13.8 Å². The third kappa shape index (κ3) is 3.33. The molecule has 3 rings (SSSR count). The van der Waals surface area contributed by atoms with Crippen LogP contribution < -0.4 is 9.64 Å². The van der Waals surface area contributed by atoms with Gasteiger partial charge < -0.3 is 14.5 Å². The smallest absolute Gasteiger partial charge is 0.265 e. The van der Waals surface area contributed by atoms with Crippen molar-refractivity contribution < 1.29 is 9.53 Å². The maximum atomic E-state index is 12.8. The number of thiazole rings is 1. The molecule has 3 heterocycles. The number of carbonyl (C=O) groups is 1. The van der Waals surface area contributed by atoms with Gasteiger partial charge in [0.25, 0.3) is 11.8 Å². The summed E-state index contributed by atoms with van der Waals surface area (Å²) in [6, 6.07) is 0. The first-order valence-corrected chi connectivity index (χ1v) is 8.75. The normalized spacial score (nSPS) is 15.3. The van der Waals surface area contributed by atoms with Gasteiger partial charge in [0.05, 0.1) is 17.8 Å². The summed E-state index contributed by atoms with van der Waals surface area (Å²) in [6.45, 7) is 6.73. The van der Waals surface area contributed by atoms with Crippen molar-refractivity contribution in [3.05, 3.63) is 28.0 Å². The van der Waals surface area contributed by atoms with Crippen molar-refractivity contribution in [3.63, 3.8) is 0 Å². The van der Waals surface area contributed by atoms with Gasteiger partial charge in [-0.1, -0.05) is 0 Å². The molecule has 0 N–H and O–H groups in total. The molecule has 0 bridgehead atoms. The summed E-state index contributed by atoms with van der Waals surface area (Å²) in [7, 11) is 1.59. The zero-order valence-electron chi connectivity index (χ0n) is 14.2. The van der Waals surface area contributed by atoms with Gasteiger partial charge in [0.1, 0.15) is 4.88 Å². The number of rotatable bonds is 3. The number of carbonyl (C=O) groups excluding carboxylic acids is 1. The monoisotopic (exact) mass is 347 g/mol. The highest BCUT2D eigenvalue weighted by Crippen LogP contribution is 2.24. The van der Waals surface area contributed by atoms with Crippen molar-refractivity contribution in [1.29, 1.82) is 0 Å². The Morgan fingerprint density at radius 2 is 1.96 bits per heavy atom. The number of hydrogen-bond acceptors (Lipinski definition) is 7. The highest BCUT2D eigenvalue weighted by atomic mass is 32.1. The fraction of sp³-hybridized carbons (Fsp3) is 0.500. The number of amides is 1. The van der Waals surface area contributed by atoms with E-state index in [9.17, 15) is 4.79 Å². The fourth-order valence-corrected chi connectivity index (χ4v) is 3.77. The van der Waals surface area contributed by atoms with Gasteiger partial charge in [0, 0.05) is 38.6 Å². The Morgan fingerprint density at radius 3 is 2.67 bits per heavy atom. The van der Waals surface area contributed by atoms with E-state index in [2.05, 4.69) is 19.9 Å². The van der Waals surface area contributed by atoms with E-state index in [4.69, 9.17) is 4.74 Å². The molecule has 0 spiro atoms. The number of ether oxygens (including phenoxy) is 1. The van der Waals surface area contributed by atoms with Gasteiger partial charge in [-0.3, -0.25) is 4.79 Å². The molecule has 0 atom stereocenters. The molecule has 1 aliphatic rings. The second kappa shape index (κ2) is 7.12. The van der Waals surface area contributed by atoms with E-state index in [0.717, 1.165) is 40.9 Å². The molecule has 0 radical (unpaired) electrons. The van der Waals surface area contributed by atoms with Crippen LogP contribution in [-0.2, 0) is 0 Å². The minimum Gasteiger partial charge on any atom is -0.478 e. The van der Waals surface area contributed by atoms with Gasteiger partial charge in [-0.05, 0) is 20.3 Å². The molecule has 7 nitrogen and oxygen atoms in total. The lowest BCUT2D eigenvalue weighted by molar-refractivity contribution is 0.0771. The largest absolute Gasteiger partial charge is 0.478 e. The van der Waals surface area contributed by atoms with Crippen LogP contribution in [0.1, 0.15) is 26.8 Å². The average molecular weight is 347 g/mol. The Hall–Kier alpha value is -2.22. The average Bonchev–Trinajstić information content (AvgIpc) is 2.79. The first-order chi connectivity index (χ1) is 11.6. The Bertz CT molecular complexity index is 733. The van der Waals surface area contributed by atoms with E-state index in [1.54, 1.807) is 19.5 Å². The molecule has 8 heteroatoms. The van der Waals surface area contributed by atoms with Crippen LogP contribution in [0.2, 0.25) is 0 Å². The third-order valence-corrected chi connectivity index (χ3v) is 5.08. The van der Waals surface area contributed by atoms with E-state index >= 15 is 0 Å². The Kier molecular flexibility index (Phi) is 4.94. The van der Waals surface area contributed by atoms with Crippen LogP contribution in [-0.4, -0.2) is 59.0 Å². The molecular weight excluding hydrogens is 326 g/mol. The molecule has 1 saturated heterocycles. The van der Waals surface area contributed by atoms with Crippen LogP contribution >= 0.6 is 11.3 Å². The van der Waals surface area contributed by atoms with Crippen LogP contribution in [0.25, 0.3) is 0 Å². The second-order valence-corrected chi connectivity index (χ2v) is 6.87. The van der Waals surface area contributed by atoms with E-state index in [-0.39, 0.29) is 5.91 Å². The van der Waals surface area contributed by atoms with Gasteiger partial charge >= 0.3 is 0 Å². The van der Waals surface area contributed by atoms with Crippen LogP contribution in [0.15, 0.2) is 12.4 Å². The minimum absolute atomic E-state index is 0.0751. The van der Waals surface area contributed by atoms with E-state index < -0.39 is 0 Å². The van der Waals surface area contributed by atoms with Gasteiger partial charge in [0.15, 0.2) is 5.82 Å². The Morgan fingerprint density at radius 1 is 1.17 bits per heavy atom. The van der Waals surface area contributed by atoms with Crippen molar-refractivity contribution in [2.75, 3.05) is 38.2 Å². The molecule has 0 saturated carbocycles. The second-order valence-electron chi connectivity index (χ2n) is 5.67. The minimum atomic E-state index is 0.0751. The summed E-state index contributed by atoms with van der Waals surface area (Å²) >= 11 is 1.47. The summed E-state index contributed by atoms with van der Waals surface area (Å²) in [6.07, 6.45) is 4.16. The first kappa shape index (κ1) is 16.6. The fourth-order valence-electron chi connectivity index (χ4n) is 2.88. The van der Waals surface area contributed by atoms with Crippen molar-refractivity contribution >= 4 is 23.1 Å². The summed E-state index contributed by atoms with van der Waals surface area (Å²) in [5, 5.41) is 0.927. The van der Waals surface area contributed by atoms with Crippen LogP contribution in [0.3, 0.4) is 0 Å². The van der Waals surface area contributed by atoms with Crippen molar-refractivity contribution in [1.82, 2.24) is 19.9 Å². The lowest BCUT2D eigenvalue weighted by atomic mass is 10.3. The van der Waals surface area contributed by atoms with Crippen molar-refractivity contribution in [3.8, 4) is 5.88 Å². The molecule has 0 aliphatic carbocycles. The molecule has 1 fully saturated rings. The number of methoxy groups -OCH3 is 1. The molecule has 1 aliphatic heterocycles. The molecule has 0 aromatic carbocycles. The molecule has 1 amide bonds. The first-order valence-electron chi connectivity index (χ1n) is 7.93. The lowest BCUT2D eigenvalue weighted by Gasteiger charge is -2.23. The number of hydrogen-bond donors (Lipinski definition) is 0.